The summed E-state index contributed by atoms with van der Waals surface area (Å²) in [6.07, 6.45) is 3.39. The molecule has 0 aliphatic carbocycles. The maximum Gasteiger partial charge on any atom is 0.243 e. The van der Waals surface area contributed by atoms with Gasteiger partial charge in [0, 0.05) is 28.9 Å². The summed E-state index contributed by atoms with van der Waals surface area (Å²) >= 11 is 7.66. The number of nitrogens with zero attached hydrogens (tertiary/aromatic N) is 1. The Labute approximate surface area is 202 Å². The fourth-order valence-corrected chi connectivity index (χ4v) is 4.40. The van der Waals surface area contributed by atoms with E-state index in [4.69, 9.17) is 11.6 Å². The van der Waals surface area contributed by atoms with E-state index in [1.165, 1.54) is 5.56 Å². The van der Waals surface area contributed by atoms with E-state index in [1.807, 2.05) is 63.2 Å². The van der Waals surface area contributed by atoms with E-state index in [9.17, 15) is 9.59 Å². The zero-order valence-corrected chi connectivity index (χ0v) is 20.9. The smallest absolute Gasteiger partial charge is 0.243 e. The molecule has 0 radical (unpaired) electrons. The molecular formula is C26H35ClN2O2S. The lowest BCUT2D eigenvalue weighted by Crippen LogP contribution is -2.51. The molecule has 0 saturated carbocycles. The standard InChI is InChI=1S/C26H35ClN2O2S/c1-4-20(3)28-26(31)24(5-2)29(18-17-21-10-7-6-8-11-21)25(30)12-9-19-32-23-15-13-22(27)14-16-23/h6-8,10-11,13-16,20,24H,4-5,9,12,17-19H2,1-3H3,(H,28,31)/t20-,24+/m0/s1. The number of halogens is 1. The lowest BCUT2D eigenvalue weighted by molar-refractivity contribution is -0.141. The average Bonchev–Trinajstić information content (AvgIpc) is 2.80. The number of thioether (sulfide) groups is 1. The molecule has 0 heterocycles. The molecule has 32 heavy (non-hydrogen) atoms. The van der Waals surface area contributed by atoms with Crippen LogP contribution in [0, 0.1) is 0 Å². The van der Waals surface area contributed by atoms with Crippen LogP contribution in [0.15, 0.2) is 59.5 Å². The van der Waals surface area contributed by atoms with Crippen molar-refractivity contribution in [1.29, 1.82) is 0 Å². The van der Waals surface area contributed by atoms with Gasteiger partial charge in [-0.3, -0.25) is 9.59 Å². The quantitative estimate of drug-likeness (QED) is 0.287. The van der Waals surface area contributed by atoms with Crippen molar-refractivity contribution in [2.24, 2.45) is 0 Å². The van der Waals surface area contributed by atoms with E-state index in [1.54, 1.807) is 16.7 Å². The van der Waals surface area contributed by atoms with Crippen LogP contribution in [0.4, 0.5) is 0 Å². The molecule has 0 unspecified atom stereocenters. The maximum atomic E-state index is 13.2. The van der Waals surface area contributed by atoms with E-state index < -0.39 is 6.04 Å². The average molecular weight is 475 g/mol. The van der Waals surface area contributed by atoms with Crippen LogP contribution in [0.1, 0.15) is 52.0 Å². The molecule has 0 aromatic heterocycles. The van der Waals surface area contributed by atoms with Crippen LogP contribution >= 0.6 is 23.4 Å². The molecule has 0 saturated heterocycles. The Morgan fingerprint density at radius 2 is 1.72 bits per heavy atom. The second-order valence-corrected chi connectivity index (χ2v) is 9.58. The van der Waals surface area contributed by atoms with Gasteiger partial charge in [-0.05, 0) is 68.2 Å². The van der Waals surface area contributed by atoms with Crippen LogP contribution < -0.4 is 5.32 Å². The predicted octanol–water partition coefficient (Wildman–Crippen LogP) is 5.98. The third-order valence-electron chi connectivity index (χ3n) is 5.49. The van der Waals surface area contributed by atoms with E-state index in [2.05, 4.69) is 17.4 Å². The molecule has 0 spiro atoms. The first-order chi connectivity index (χ1) is 15.4. The minimum atomic E-state index is -0.441. The van der Waals surface area contributed by atoms with E-state index in [-0.39, 0.29) is 17.9 Å². The predicted molar refractivity (Wildman–Crippen MR) is 135 cm³/mol. The third kappa shape index (κ3) is 8.87. The fourth-order valence-electron chi connectivity index (χ4n) is 3.42. The summed E-state index contributed by atoms with van der Waals surface area (Å²) in [6, 6.07) is 17.5. The first-order valence-corrected chi connectivity index (χ1v) is 12.8. The van der Waals surface area contributed by atoms with Gasteiger partial charge in [0.05, 0.1) is 0 Å². The molecule has 4 nitrogen and oxygen atoms in total. The molecule has 2 amide bonds. The van der Waals surface area contributed by atoms with Crippen LogP contribution in [0.3, 0.4) is 0 Å². The minimum Gasteiger partial charge on any atom is -0.352 e. The van der Waals surface area contributed by atoms with E-state index in [0.717, 1.165) is 34.9 Å². The van der Waals surface area contributed by atoms with Crippen molar-refractivity contribution in [2.45, 2.75) is 69.9 Å². The highest BCUT2D eigenvalue weighted by Crippen LogP contribution is 2.22. The van der Waals surface area contributed by atoms with Gasteiger partial charge >= 0.3 is 0 Å². The maximum absolute atomic E-state index is 13.2. The first kappa shape index (κ1) is 26.3. The number of benzene rings is 2. The molecule has 0 aliphatic rings. The van der Waals surface area contributed by atoms with Crippen molar-refractivity contribution in [3.8, 4) is 0 Å². The highest BCUT2D eigenvalue weighted by Gasteiger charge is 2.28. The Morgan fingerprint density at radius 3 is 2.34 bits per heavy atom. The fraction of sp³-hybridized carbons (Fsp3) is 0.462. The van der Waals surface area contributed by atoms with Crippen molar-refractivity contribution in [1.82, 2.24) is 10.2 Å². The topological polar surface area (TPSA) is 49.4 Å². The van der Waals surface area contributed by atoms with Gasteiger partial charge in [0.15, 0.2) is 0 Å². The van der Waals surface area contributed by atoms with Gasteiger partial charge in [-0.15, -0.1) is 11.8 Å². The Hall–Kier alpha value is -1.98. The molecule has 2 rings (SSSR count). The summed E-state index contributed by atoms with van der Waals surface area (Å²) in [5.41, 5.74) is 1.17. The van der Waals surface area contributed by atoms with E-state index >= 15 is 0 Å². The normalized spacial score (nSPS) is 12.8. The van der Waals surface area contributed by atoms with Crippen molar-refractivity contribution in [3.05, 3.63) is 65.2 Å². The molecule has 0 bridgehead atoms. The zero-order valence-electron chi connectivity index (χ0n) is 19.4. The van der Waals surface area contributed by atoms with Crippen LogP contribution in [0.25, 0.3) is 0 Å². The van der Waals surface area contributed by atoms with Crippen molar-refractivity contribution >= 4 is 35.2 Å². The lowest BCUT2D eigenvalue weighted by Gasteiger charge is -2.31. The highest BCUT2D eigenvalue weighted by atomic mass is 35.5. The van der Waals surface area contributed by atoms with Crippen LogP contribution in [0.2, 0.25) is 5.02 Å². The summed E-state index contributed by atoms with van der Waals surface area (Å²) in [7, 11) is 0. The number of amides is 2. The van der Waals surface area contributed by atoms with Gasteiger partial charge in [0.2, 0.25) is 11.8 Å². The minimum absolute atomic E-state index is 0.0452. The molecule has 174 valence electrons. The first-order valence-electron chi connectivity index (χ1n) is 11.5. The molecule has 2 atom stereocenters. The van der Waals surface area contributed by atoms with E-state index in [0.29, 0.717) is 19.4 Å². The summed E-state index contributed by atoms with van der Waals surface area (Å²) in [5, 5.41) is 3.78. The van der Waals surface area contributed by atoms with Crippen molar-refractivity contribution < 1.29 is 9.59 Å². The number of hydrogen-bond acceptors (Lipinski definition) is 3. The SMILES string of the molecule is CC[C@H](C(=O)N[C@@H](C)CC)N(CCc1ccccc1)C(=O)CCCSc1ccc(Cl)cc1. The number of nitrogens with one attached hydrogen (secondary N) is 1. The van der Waals surface area contributed by atoms with Gasteiger partial charge in [-0.2, -0.15) is 0 Å². The molecule has 0 fully saturated rings. The second kappa shape index (κ2) is 14.2. The van der Waals surface area contributed by atoms with Crippen LogP contribution in [-0.4, -0.2) is 41.1 Å². The number of carbonyl (C=O) groups is 2. The number of hydrogen-bond donors (Lipinski definition) is 1. The number of rotatable bonds is 13. The summed E-state index contributed by atoms with van der Waals surface area (Å²) < 4.78 is 0. The highest BCUT2D eigenvalue weighted by molar-refractivity contribution is 7.99. The van der Waals surface area contributed by atoms with Gasteiger partial charge in [0.25, 0.3) is 0 Å². The Morgan fingerprint density at radius 1 is 1.03 bits per heavy atom. The van der Waals surface area contributed by atoms with Crippen LogP contribution in [0.5, 0.6) is 0 Å². The Balaban J connectivity index is 1.99. The van der Waals surface area contributed by atoms with Crippen LogP contribution in [-0.2, 0) is 16.0 Å². The second-order valence-electron chi connectivity index (χ2n) is 7.97. The zero-order chi connectivity index (χ0) is 23.3. The monoisotopic (exact) mass is 474 g/mol. The molecule has 1 N–H and O–H groups in total. The van der Waals surface area contributed by atoms with Crippen molar-refractivity contribution in [3.63, 3.8) is 0 Å². The third-order valence-corrected chi connectivity index (χ3v) is 6.84. The molecule has 0 aliphatic heterocycles. The molecule has 2 aromatic rings. The van der Waals surface area contributed by atoms with Gasteiger partial charge in [-0.1, -0.05) is 55.8 Å². The van der Waals surface area contributed by atoms with Gasteiger partial charge in [0.1, 0.15) is 6.04 Å². The molecule has 6 heteroatoms. The largest absolute Gasteiger partial charge is 0.352 e. The van der Waals surface area contributed by atoms with Gasteiger partial charge < -0.3 is 10.2 Å². The Bertz CT molecular complexity index is 829. The molecular weight excluding hydrogens is 440 g/mol. The molecule has 2 aromatic carbocycles. The Kier molecular flexibility index (Phi) is 11.7. The lowest BCUT2D eigenvalue weighted by atomic mass is 10.1. The summed E-state index contributed by atoms with van der Waals surface area (Å²) in [4.78, 5) is 29.1. The van der Waals surface area contributed by atoms with Crippen molar-refractivity contribution in [2.75, 3.05) is 12.3 Å². The van der Waals surface area contributed by atoms with Gasteiger partial charge in [-0.25, -0.2) is 0 Å². The summed E-state index contributed by atoms with van der Waals surface area (Å²) in [5.74, 6) is 0.832. The number of carbonyl (C=O) groups excluding carboxylic acids is 2. The summed E-state index contributed by atoms with van der Waals surface area (Å²) in [6.45, 7) is 6.55.